The number of nitrogens with one attached hydrogen (secondary N) is 1. The molecule has 2 aromatic carbocycles. The zero-order valence-corrected chi connectivity index (χ0v) is 18.9. The van der Waals surface area contributed by atoms with Crippen LogP contribution in [0.15, 0.2) is 65.9 Å². The molecule has 1 unspecified atom stereocenters. The van der Waals surface area contributed by atoms with Gasteiger partial charge in [0.15, 0.2) is 0 Å². The number of hydrogen-bond donors (Lipinski definition) is 1. The van der Waals surface area contributed by atoms with Crippen molar-refractivity contribution in [3.05, 3.63) is 82.6 Å². The number of carbonyl (C=O) groups is 3. The molecule has 1 aliphatic rings. The van der Waals surface area contributed by atoms with Gasteiger partial charge in [-0.15, -0.1) is 0 Å². The quantitative estimate of drug-likeness (QED) is 0.633. The van der Waals surface area contributed by atoms with E-state index in [1.54, 1.807) is 30.9 Å². The largest absolute Gasteiger partial charge is 0.463 e. The second kappa shape index (κ2) is 10.8. The lowest BCUT2D eigenvalue weighted by Gasteiger charge is -2.34. The van der Waals surface area contributed by atoms with E-state index in [1.807, 2.05) is 49.4 Å². The molecular weight excluding hydrogens is 404 g/mol. The van der Waals surface area contributed by atoms with Crippen molar-refractivity contribution in [2.24, 2.45) is 0 Å². The topological polar surface area (TPSA) is 75.7 Å². The molecule has 0 saturated carbocycles. The SMILES string of the molecule is CCCNC(=O)c1ccc(CN2C(=O)CC(c3ccccc3)C(C(=O)OCC)=C2C)cc1. The van der Waals surface area contributed by atoms with Crippen molar-refractivity contribution >= 4 is 17.8 Å². The van der Waals surface area contributed by atoms with Crippen LogP contribution in [-0.2, 0) is 20.9 Å². The number of nitrogens with zero attached hydrogens (tertiary/aromatic N) is 1. The number of esters is 1. The van der Waals surface area contributed by atoms with Gasteiger partial charge < -0.3 is 15.0 Å². The molecule has 168 valence electrons. The second-order valence-electron chi connectivity index (χ2n) is 7.82. The van der Waals surface area contributed by atoms with Gasteiger partial charge in [0, 0.05) is 30.1 Å². The van der Waals surface area contributed by atoms with Crippen LogP contribution in [0.25, 0.3) is 0 Å². The highest BCUT2D eigenvalue weighted by molar-refractivity contribution is 5.96. The summed E-state index contributed by atoms with van der Waals surface area (Å²) in [5, 5.41) is 2.85. The Bertz CT molecular complexity index is 996. The second-order valence-corrected chi connectivity index (χ2v) is 7.82. The van der Waals surface area contributed by atoms with Crippen molar-refractivity contribution in [2.45, 2.75) is 46.1 Å². The maximum atomic E-state index is 13.1. The molecule has 0 aliphatic carbocycles. The van der Waals surface area contributed by atoms with Crippen LogP contribution in [0.1, 0.15) is 61.0 Å². The first kappa shape index (κ1) is 23.3. The molecule has 0 radical (unpaired) electrons. The van der Waals surface area contributed by atoms with Gasteiger partial charge in [-0.1, -0.05) is 49.4 Å². The first-order valence-electron chi connectivity index (χ1n) is 11.1. The standard InChI is InChI=1S/C26H30N2O4/c1-4-15-27-25(30)21-13-11-19(12-14-21)17-28-18(3)24(26(31)32-5-2)22(16-23(28)29)20-9-7-6-8-10-20/h6-14,22H,4-5,15-17H2,1-3H3,(H,27,30). The lowest BCUT2D eigenvalue weighted by Crippen LogP contribution is -2.38. The zero-order chi connectivity index (χ0) is 23.1. The summed E-state index contributed by atoms with van der Waals surface area (Å²) in [6, 6.07) is 16.8. The van der Waals surface area contributed by atoms with Gasteiger partial charge in [0.25, 0.3) is 5.91 Å². The summed E-state index contributed by atoms with van der Waals surface area (Å²) in [5.74, 6) is -0.879. The van der Waals surface area contributed by atoms with Crippen molar-refractivity contribution in [3.63, 3.8) is 0 Å². The summed E-state index contributed by atoms with van der Waals surface area (Å²) in [7, 11) is 0. The Labute approximate surface area is 189 Å². The van der Waals surface area contributed by atoms with E-state index in [0.29, 0.717) is 29.9 Å². The fourth-order valence-corrected chi connectivity index (χ4v) is 3.93. The lowest BCUT2D eigenvalue weighted by atomic mass is 9.83. The predicted octanol–water partition coefficient (Wildman–Crippen LogP) is 4.18. The first-order chi connectivity index (χ1) is 15.5. The molecule has 2 aromatic rings. The van der Waals surface area contributed by atoms with Gasteiger partial charge in [0.2, 0.25) is 5.91 Å². The van der Waals surface area contributed by atoms with Crippen LogP contribution in [0.3, 0.4) is 0 Å². The van der Waals surface area contributed by atoms with Crippen molar-refractivity contribution in [1.29, 1.82) is 0 Å². The minimum absolute atomic E-state index is 0.0471. The molecule has 3 rings (SSSR count). The summed E-state index contributed by atoms with van der Waals surface area (Å²) in [6.45, 7) is 6.80. The Morgan fingerprint density at radius 3 is 2.38 bits per heavy atom. The number of hydrogen-bond acceptors (Lipinski definition) is 4. The average molecular weight is 435 g/mol. The molecule has 0 bridgehead atoms. The molecule has 1 heterocycles. The summed E-state index contributed by atoms with van der Waals surface area (Å²) in [6.07, 6.45) is 1.08. The van der Waals surface area contributed by atoms with Gasteiger partial charge in [-0.3, -0.25) is 9.59 Å². The van der Waals surface area contributed by atoms with Crippen molar-refractivity contribution in [1.82, 2.24) is 10.2 Å². The molecule has 0 aromatic heterocycles. The number of carbonyl (C=O) groups excluding carboxylic acids is 3. The number of rotatable bonds is 8. The van der Waals surface area contributed by atoms with E-state index in [0.717, 1.165) is 17.5 Å². The first-order valence-corrected chi connectivity index (χ1v) is 11.1. The molecule has 0 saturated heterocycles. The Balaban J connectivity index is 1.87. The maximum absolute atomic E-state index is 13.1. The molecular formula is C26H30N2O4. The molecule has 6 heteroatoms. The van der Waals surface area contributed by atoms with E-state index >= 15 is 0 Å². The predicted molar refractivity (Wildman–Crippen MR) is 123 cm³/mol. The molecule has 1 aliphatic heterocycles. The lowest BCUT2D eigenvalue weighted by molar-refractivity contribution is -0.140. The number of allylic oxidation sites excluding steroid dienone is 1. The monoisotopic (exact) mass is 434 g/mol. The molecule has 32 heavy (non-hydrogen) atoms. The highest BCUT2D eigenvalue weighted by Crippen LogP contribution is 2.37. The van der Waals surface area contributed by atoms with Crippen LogP contribution in [0.4, 0.5) is 0 Å². The Morgan fingerprint density at radius 2 is 1.75 bits per heavy atom. The minimum atomic E-state index is -0.390. The molecule has 0 spiro atoms. The summed E-state index contributed by atoms with van der Waals surface area (Å²) >= 11 is 0. The fraction of sp³-hybridized carbons (Fsp3) is 0.346. The molecule has 1 atom stereocenters. The summed E-state index contributed by atoms with van der Waals surface area (Å²) < 4.78 is 5.33. The van der Waals surface area contributed by atoms with E-state index in [2.05, 4.69) is 5.32 Å². The number of amides is 2. The minimum Gasteiger partial charge on any atom is -0.463 e. The maximum Gasteiger partial charge on any atom is 0.336 e. The third-order valence-electron chi connectivity index (χ3n) is 5.61. The van der Waals surface area contributed by atoms with Crippen molar-refractivity contribution < 1.29 is 19.1 Å². The summed E-state index contributed by atoms with van der Waals surface area (Å²) in [5.41, 5.74) is 3.51. The molecule has 1 N–H and O–H groups in total. The van der Waals surface area contributed by atoms with E-state index in [-0.39, 0.29) is 36.7 Å². The van der Waals surface area contributed by atoms with E-state index in [9.17, 15) is 14.4 Å². The van der Waals surface area contributed by atoms with E-state index < -0.39 is 0 Å². The Kier molecular flexibility index (Phi) is 7.82. The fourth-order valence-electron chi connectivity index (χ4n) is 3.93. The highest BCUT2D eigenvalue weighted by atomic mass is 16.5. The van der Waals surface area contributed by atoms with E-state index in [1.165, 1.54) is 0 Å². The Morgan fingerprint density at radius 1 is 1.06 bits per heavy atom. The van der Waals surface area contributed by atoms with Gasteiger partial charge >= 0.3 is 5.97 Å². The third-order valence-corrected chi connectivity index (χ3v) is 5.61. The smallest absolute Gasteiger partial charge is 0.336 e. The zero-order valence-electron chi connectivity index (χ0n) is 18.9. The van der Waals surface area contributed by atoms with Crippen LogP contribution in [0.5, 0.6) is 0 Å². The van der Waals surface area contributed by atoms with Gasteiger partial charge in [-0.2, -0.15) is 0 Å². The molecule has 6 nitrogen and oxygen atoms in total. The average Bonchev–Trinajstić information content (AvgIpc) is 2.81. The van der Waals surface area contributed by atoms with Gasteiger partial charge in [-0.25, -0.2) is 4.79 Å². The van der Waals surface area contributed by atoms with Crippen molar-refractivity contribution in [2.75, 3.05) is 13.2 Å². The normalized spacial score (nSPS) is 16.2. The van der Waals surface area contributed by atoms with Crippen LogP contribution >= 0.6 is 0 Å². The van der Waals surface area contributed by atoms with Gasteiger partial charge in [0.1, 0.15) is 0 Å². The number of benzene rings is 2. The Hall–Kier alpha value is -3.41. The van der Waals surface area contributed by atoms with Gasteiger partial charge in [0.05, 0.1) is 18.7 Å². The highest BCUT2D eigenvalue weighted by Gasteiger charge is 2.36. The van der Waals surface area contributed by atoms with Crippen LogP contribution in [-0.4, -0.2) is 35.8 Å². The van der Waals surface area contributed by atoms with Crippen LogP contribution in [0, 0.1) is 0 Å². The molecule has 0 fully saturated rings. The number of ether oxygens (including phenoxy) is 1. The van der Waals surface area contributed by atoms with E-state index in [4.69, 9.17) is 4.74 Å². The van der Waals surface area contributed by atoms with Crippen LogP contribution in [0.2, 0.25) is 0 Å². The van der Waals surface area contributed by atoms with Crippen LogP contribution < -0.4 is 5.32 Å². The van der Waals surface area contributed by atoms with Crippen molar-refractivity contribution in [3.8, 4) is 0 Å². The van der Waals surface area contributed by atoms with Gasteiger partial charge in [-0.05, 0) is 43.5 Å². The molecule has 2 amide bonds. The summed E-state index contributed by atoms with van der Waals surface area (Å²) in [4.78, 5) is 39.7. The third kappa shape index (κ3) is 5.25.